The average molecular weight is 230 g/mol. The largest absolute Gasteiger partial charge is 0.370 e. The Balaban J connectivity index is 2.37. The Bertz CT molecular complexity index is 343. The highest BCUT2D eigenvalue weighted by Crippen LogP contribution is 2.33. The first-order valence-electron chi connectivity index (χ1n) is 4.89. The van der Waals surface area contributed by atoms with Gasteiger partial charge in [0.1, 0.15) is 0 Å². The minimum absolute atomic E-state index is 0.748. The van der Waals surface area contributed by atoms with Gasteiger partial charge in [-0.05, 0) is 37.5 Å². The molecule has 76 valence electrons. The van der Waals surface area contributed by atoms with Gasteiger partial charge in [0.05, 0.1) is 10.7 Å². The molecule has 0 unspecified atom stereocenters. The van der Waals surface area contributed by atoms with Crippen molar-refractivity contribution in [2.75, 3.05) is 18.0 Å². The van der Waals surface area contributed by atoms with E-state index in [1.807, 2.05) is 13.0 Å². The van der Waals surface area contributed by atoms with Gasteiger partial charge in [0, 0.05) is 18.1 Å². The maximum Gasteiger partial charge on any atom is 0.0654 e. The molecule has 0 radical (unpaired) electrons. The van der Waals surface area contributed by atoms with Crippen molar-refractivity contribution in [2.24, 2.45) is 0 Å². The summed E-state index contributed by atoms with van der Waals surface area (Å²) in [6, 6.07) is 3.92. The molecule has 1 fully saturated rings. The van der Waals surface area contributed by atoms with Gasteiger partial charge >= 0.3 is 0 Å². The summed E-state index contributed by atoms with van der Waals surface area (Å²) in [6.45, 7) is 4.24. The van der Waals surface area contributed by atoms with Crippen LogP contribution in [0.5, 0.6) is 0 Å². The number of hydrogen-bond acceptors (Lipinski definition) is 1. The summed E-state index contributed by atoms with van der Waals surface area (Å²) in [4.78, 5) is 2.33. The highest BCUT2D eigenvalue weighted by Gasteiger charge is 2.15. The number of halogens is 2. The van der Waals surface area contributed by atoms with E-state index in [1.165, 1.54) is 12.8 Å². The van der Waals surface area contributed by atoms with Crippen LogP contribution in [0.25, 0.3) is 0 Å². The van der Waals surface area contributed by atoms with E-state index in [0.717, 1.165) is 34.4 Å². The van der Waals surface area contributed by atoms with Crippen LogP contribution in [-0.2, 0) is 0 Å². The SMILES string of the molecule is Cc1cc(N2CCCC2)c(Cl)cc1Cl. The van der Waals surface area contributed by atoms with Crippen molar-refractivity contribution in [3.05, 3.63) is 27.7 Å². The number of rotatable bonds is 1. The van der Waals surface area contributed by atoms with E-state index in [2.05, 4.69) is 11.0 Å². The number of aryl methyl sites for hydroxylation is 1. The normalized spacial score (nSPS) is 16.4. The third-order valence-corrected chi connectivity index (χ3v) is 3.38. The molecule has 1 heterocycles. The van der Waals surface area contributed by atoms with E-state index < -0.39 is 0 Å². The first kappa shape index (κ1) is 10.1. The van der Waals surface area contributed by atoms with E-state index >= 15 is 0 Å². The molecule has 0 amide bonds. The zero-order chi connectivity index (χ0) is 10.1. The molecule has 0 spiro atoms. The summed E-state index contributed by atoms with van der Waals surface area (Å²) in [5.74, 6) is 0. The molecule has 0 atom stereocenters. The lowest BCUT2D eigenvalue weighted by Gasteiger charge is -2.20. The van der Waals surface area contributed by atoms with E-state index in [4.69, 9.17) is 23.2 Å². The van der Waals surface area contributed by atoms with Crippen LogP contribution in [-0.4, -0.2) is 13.1 Å². The van der Waals surface area contributed by atoms with Crippen LogP contribution < -0.4 is 4.90 Å². The van der Waals surface area contributed by atoms with E-state index in [1.54, 1.807) is 0 Å². The Morgan fingerprint density at radius 2 is 1.71 bits per heavy atom. The zero-order valence-corrected chi connectivity index (χ0v) is 9.70. The third-order valence-electron chi connectivity index (χ3n) is 2.67. The van der Waals surface area contributed by atoms with Crippen molar-refractivity contribution >= 4 is 28.9 Å². The topological polar surface area (TPSA) is 3.24 Å². The van der Waals surface area contributed by atoms with E-state index in [-0.39, 0.29) is 0 Å². The minimum atomic E-state index is 0.748. The van der Waals surface area contributed by atoms with Gasteiger partial charge in [-0.25, -0.2) is 0 Å². The lowest BCUT2D eigenvalue weighted by atomic mass is 10.2. The van der Waals surface area contributed by atoms with Crippen molar-refractivity contribution in [1.29, 1.82) is 0 Å². The maximum atomic E-state index is 6.16. The fraction of sp³-hybridized carbons (Fsp3) is 0.455. The Morgan fingerprint density at radius 3 is 2.36 bits per heavy atom. The van der Waals surface area contributed by atoms with Gasteiger partial charge in [-0.1, -0.05) is 23.2 Å². The Morgan fingerprint density at radius 1 is 1.07 bits per heavy atom. The Hall–Kier alpha value is -0.400. The lowest BCUT2D eigenvalue weighted by Crippen LogP contribution is -2.18. The van der Waals surface area contributed by atoms with Crippen LogP contribution in [0.3, 0.4) is 0 Å². The average Bonchev–Trinajstić information content (AvgIpc) is 2.64. The summed E-state index contributed by atoms with van der Waals surface area (Å²) in [5, 5.41) is 1.51. The smallest absolute Gasteiger partial charge is 0.0654 e. The lowest BCUT2D eigenvalue weighted by molar-refractivity contribution is 0.949. The Labute approximate surface area is 94.6 Å². The van der Waals surface area contributed by atoms with Gasteiger partial charge in [0.2, 0.25) is 0 Å². The van der Waals surface area contributed by atoms with Crippen molar-refractivity contribution < 1.29 is 0 Å². The first-order valence-corrected chi connectivity index (χ1v) is 5.64. The molecule has 1 aromatic carbocycles. The second kappa shape index (κ2) is 4.00. The minimum Gasteiger partial charge on any atom is -0.370 e. The second-order valence-electron chi connectivity index (χ2n) is 3.75. The molecule has 0 saturated carbocycles. The van der Waals surface area contributed by atoms with Crippen LogP contribution in [0.2, 0.25) is 10.0 Å². The number of anilines is 1. The third kappa shape index (κ3) is 1.84. The maximum absolute atomic E-state index is 6.16. The van der Waals surface area contributed by atoms with Gasteiger partial charge in [0.25, 0.3) is 0 Å². The van der Waals surface area contributed by atoms with Crippen molar-refractivity contribution in [3.8, 4) is 0 Å². The quantitative estimate of drug-likeness (QED) is 0.707. The summed E-state index contributed by atoms with van der Waals surface area (Å²) in [5.41, 5.74) is 2.23. The molecule has 0 bridgehead atoms. The predicted molar refractivity (Wildman–Crippen MR) is 62.6 cm³/mol. The number of hydrogen-bond donors (Lipinski definition) is 0. The molecular weight excluding hydrogens is 217 g/mol. The molecule has 14 heavy (non-hydrogen) atoms. The molecule has 2 rings (SSSR count). The van der Waals surface area contributed by atoms with Crippen LogP contribution >= 0.6 is 23.2 Å². The molecule has 1 aliphatic rings. The van der Waals surface area contributed by atoms with Crippen LogP contribution in [0.15, 0.2) is 12.1 Å². The fourth-order valence-electron chi connectivity index (χ4n) is 1.84. The molecule has 1 nitrogen and oxygen atoms in total. The van der Waals surface area contributed by atoms with E-state index in [9.17, 15) is 0 Å². The summed E-state index contributed by atoms with van der Waals surface area (Å²) < 4.78 is 0. The second-order valence-corrected chi connectivity index (χ2v) is 4.56. The van der Waals surface area contributed by atoms with Gasteiger partial charge in [-0.15, -0.1) is 0 Å². The monoisotopic (exact) mass is 229 g/mol. The van der Waals surface area contributed by atoms with Crippen LogP contribution in [0, 0.1) is 6.92 Å². The summed E-state index contributed by atoms with van der Waals surface area (Å²) >= 11 is 12.1. The molecule has 0 N–H and O–H groups in total. The molecule has 1 aliphatic heterocycles. The number of nitrogens with zero attached hydrogens (tertiary/aromatic N) is 1. The molecule has 0 aliphatic carbocycles. The molecule has 1 saturated heterocycles. The highest BCUT2D eigenvalue weighted by molar-refractivity contribution is 6.36. The van der Waals surface area contributed by atoms with Crippen LogP contribution in [0.1, 0.15) is 18.4 Å². The van der Waals surface area contributed by atoms with Crippen molar-refractivity contribution in [2.45, 2.75) is 19.8 Å². The highest BCUT2D eigenvalue weighted by atomic mass is 35.5. The Kier molecular flexibility index (Phi) is 2.89. The molecule has 1 aromatic rings. The van der Waals surface area contributed by atoms with Gasteiger partial charge < -0.3 is 4.90 Å². The van der Waals surface area contributed by atoms with Gasteiger partial charge in [-0.3, -0.25) is 0 Å². The standard InChI is InChI=1S/C11H13Cl2N/c1-8-6-11(10(13)7-9(8)12)14-4-2-3-5-14/h6-7H,2-5H2,1H3. The molecule has 0 aromatic heterocycles. The molecular formula is C11H13Cl2N. The van der Waals surface area contributed by atoms with Crippen molar-refractivity contribution in [3.63, 3.8) is 0 Å². The van der Waals surface area contributed by atoms with Crippen LogP contribution in [0.4, 0.5) is 5.69 Å². The summed E-state index contributed by atoms with van der Waals surface area (Å²) in [7, 11) is 0. The van der Waals surface area contributed by atoms with Crippen molar-refractivity contribution in [1.82, 2.24) is 0 Å². The predicted octanol–water partition coefficient (Wildman–Crippen LogP) is 3.90. The van der Waals surface area contributed by atoms with Gasteiger partial charge in [-0.2, -0.15) is 0 Å². The van der Waals surface area contributed by atoms with Gasteiger partial charge in [0.15, 0.2) is 0 Å². The summed E-state index contributed by atoms with van der Waals surface area (Å²) in [6.07, 6.45) is 2.52. The fourth-order valence-corrected chi connectivity index (χ4v) is 2.35. The first-order chi connectivity index (χ1) is 6.68. The number of benzene rings is 1. The zero-order valence-electron chi connectivity index (χ0n) is 8.19. The van der Waals surface area contributed by atoms with E-state index in [0.29, 0.717) is 0 Å². The molecule has 3 heteroatoms.